The molecule has 1 atom stereocenters. The highest BCUT2D eigenvalue weighted by atomic mass is 32.2. The standard InChI is InChI=1S/C17H28N2O3S/c1-6-9-14(5)18-17(20)15-11-10-13(4)16(12-15)23(21,22)19(7-2)8-3/h10-12,14H,6-9H2,1-5H3,(H,18,20)/t14-/m0/s1. The van der Waals surface area contributed by atoms with Crippen molar-refractivity contribution in [3.05, 3.63) is 29.3 Å². The first-order valence-corrected chi connectivity index (χ1v) is 9.63. The number of aryl methyl sites for hydroxylation is 1. The van der Waals surface area contributed by atoms with Gasteiger partial charge in [-0.25, -0.2) is 8.42 Å². The van der Waals surface area contributed by atoms with Gasteiger partial charge in [-0.3, -0.25) is 4.79 Å². The zero-order chi connectivity index (χ0) is 17.6. The quantitative estimate of drug-likeness (QED) is 0.791. The molecule has 6 heteroatoms. The first-order valence-electron chi connectivity index (χ1n) is 8.19. The van der Waals surface area contributed by atoms with Gasteiger partial charge in [0.05, 0.1) is 4.90 Å². The fourth-order valence-electron chi connectivity index (χ4n) is 2.53. The molecule has 0 fully saturated rings. The van der Waals surface area contributed by atoms with Crippen LogP contribution in [0.3, 0.4) is 0 Å². The van der Waals surface area contributed by atoms with E-state index in [2.05, 4.69) is 12.2 Å². The van der Waals surface area contributed by atoms with Gasteiger partial charge in [0.2, 0.25) is 10.0 Å². The fraction of sp³-hybridized carbons (Fsp3) is 0.588. The number of amides is 1. The lowest BCUT2D eigenvalue weighted by Crippen LogP contribution is -2.33. The first-order chi connectivity index (χ1) is 10.8. The number of sulfonamides is 1. The van der Waals surface area contributed by atoms with Gasteiger partial charge in [-0.05, 0) is 38.0 Å². The highest BCUT2D eigenvalue weighted by molar-refractivity contribution is 7.89. The second kappa shape index (κ2) is 8.45. The van der Waals surface area contributed by atoms with Crippen LogP contribution in [0.4, 0.5) is 0 Å². The Morgan fingerprint density at radius 2 is 1.83 bits per heavy atom. The van der Waals surface area contributed by atoms with Crippen molar-refractivity contribution < 1.29 is 13.2 Å². The number of carbonyl (C=O) groups excluding carboxylic acids is 1. The number of rotatable bonds is 8. The van der Waals surface area contributed by atoms with Crippen molar-refractivity contribution in [1.82, 2.24) is 9.62 Å². The van der Waals surface area contributed by atoms with Crippen LogP contribution in [0.2, 0.25) is 0 Å². The highest BCUT2D eigenvalue weighted by Gasteiger charge is 2.24. The molecule has 1 rings (SSSR count). The molecule has 0 saturated carbocycles. The largest absolute Gasteiger partial charge is 0.350 e. The molecule has 0 aromatic heterocycles. The normalized spacial score (nSPS) is 13.1. The molecule has 0 spiro atoms. The van der Waals surface area contributed by atoms with Crippen LogP contribution in [-0.2, 0) is 10.0 Å². The van der Waals surface area contributed by atoms with E-state index in [-0.39, 0.29) is 16.8 Å². The molecule has 0 saturated heterocycles. The van der Waals surface area contributed by atoms with Crippen LogP contribution in [0.1, 0.15) is 56.5 Å². The van der Waals surface area contributed by atoms with Crippen molar-refractivity contribution in [2.75, 3.05) is 13.1 Å². The van der Waals surface area contributed by atoms with Crippen LogP contribution in [0.25, 0.3) is 0 Å². The minimum atomic E-state index is -3.57. The van der Waals surface area contributed by atoms with Crippen molar-refractivity contribution in [2.24, 2.45) is 0 Å². The molecule has 0 heterocycles. The summed E-state index contributed by atoms with van der Waals surface area (Å²) in [4.78, 5) is 12.5. The van der Waals surface area contributed by atoms with E-state index in [1.165, 1.54) is 10.4 Å². The van der Waals surface area contributed by atoms with Gasteiger partial charge in [0.1, 0.15) is 0 Å². The van der Waals surface area contributed by atoms with Gasteiger partial charge < -0.3 is 5.32 Å². The first kappa shape index (κ1) is 19.6. The maximum Gasteiger partial charge on any atom is 0.251 e. The van der Waals surface area contributed by atoms with Gasteiger partial charge in [0.15, 0.2) is 0 Å². The molecule has 0 bridgehead atoms. The predicted molar refractivity (Wildman–Crippen MR) is 93.1 cm³/mol. The molecular weight excluding hydrogens is 312 g/mol. The van der Waals surface area contributed by atoms with Crippen molar-refractivity contribution >= 4 is 15.9 Å². The molecule has 1 aromatic carbocycles. The van der Waals surface area contributed by atoms with E-state index in [1.807, 2.05) is 6.92 Å². The third kappa shape index (κ3) is 4.78. The smallest absolute Gasteiger partial charge is 0.251 e. The van der Waals surface area contributed by atoms with Gasteiger partial charge in [-0.15, -0.1) is 0 Å². The van der Waals surface area contributed by atoms with Gasteiger partial charge in [-0.1, -0.05) is 33.3 Å². The Kier molecular flexibility index (Phi) is 7.22. The Morgan fingerprint density at radius 3 is 2.35 bits per heavy atom. The van der Waals surface area contributed by atoms with Crippen LogP contribution in [-0.4, -0.2) is 37.8 Å². The van der Waals surface area contributed by atoms with E-state index < -0.39 is 10.0 Å². The molecule has 0 unspecified atom stereocenters. The maximum absolute atomic E-state index is 12.7. The SMILES string of the molecule is CCC[C@H](C)NC(=O)c1ccc(C)c(S(=O)(=O)N(CC)CC)c1. The fourth-order valence-corrected chi connectivity index (χ4v) is 4.24. The van der Waals surface area contributed by atoms with Gasteiger partial charge in [0, 0.05) is 24.7 Å². The molecule has 0 radical (unpaired) electrons. The lowest BCUT2D eigenvalue weighted by Gasteiger charge is -2.20. The van der Waals surface area contributed by atoms with Gasteiger partial charge in [0.25, 0.3) is 5.91 Å². The lowest BCUT2D eigenvalue weighted by atomic mass is 10.1. The Bertz CT molecular complexity index is 637. The molecule has 23 heavy (non-hydrogen) atoms. The van der Waals surface area contributed by atoms with E-state index in [0.29, 0.717) is 24.2 Å². The number of carbonyl (C=O) groups is 1. The minimum absolute atomic E-state index is 0.0663. The Balaban J connectivity index is 3.16. The molecule has 0 aliphatic heterocycles. The van der Waals surface area contributed by atoms with Crippen LogP contribution in [0.5, 0.6) is 0 Å². The van der Waals surface area contributed by atoms with E-state index in [9.17, 15) is 13.2 Å². The monoisotopic (exact) mass is 340 g/mol. The summed E-state index contributed by atoms with van der Waals surface area (Å²) in [5.41, 5.74) is 1.03. The van der Waals surface area contributed by atoms with Gasteiger partial charge in [-0.2, -0.15) is 4.31 Å². The molecule has 1 amide bonds. The maximum atomic E-state index is 12.7. The highest BCUT2D eigenvalue weighted by Crippen LogP contribution is 2.21. The summed E-state index contributed by atoms with van der Waals surface area (Å²) in [5.74, 6) is -0.234. The zero-order valence-electron chi connectivity index (χ0n) is 14.7. The average molecular weight is 340 g/mol. The number of benzene rings is 1. The Hall–Kier alpha value is -1.40. The molecule has 1 N–H and O–H groups in total. The lowest BCUT2D eigenvalue weighted by molar-refractivity contribution is 0.0938. The molecule has 5 nitrogen and oxygen atoms in total. The number of nitrogens with zero attached hydrogens (tertiary/aromatic N) is 1. The number of hydrogen-bond donors (Lipinski definition) is 1. The van der Waals surface area contributed by atoms with Crippen molar-refractivity contribution in [1.29, 1.82) is 0 Å². The Morgan fingerprint density at radius 1 is 1.22 bits per heavy atom. The van der Waals surface area contributed by atoms with Crippen molar-refractivity contribution in [2.45, 2.75) is 58.4 Å². The molecule has 130 valence electrons. The predicted octanol–water partition coefficient (Wildman–Crippen LogP) is 2.94. The average Bonchev–Trinajstić information content (AvgIpc) is 2.48. The third-order valence-electron chi connectivity index (χ3n) is 3.87. The number of hydrogen-bond acceptors (Lipinski definition) is 3. The molecular formula is C17H28N2O3S. The van der Waals surface area contributed by atoms with E-state index in [4.69, 9.17) is 0 Å². The molecule has 0 aliphatic carbocycles. The second-order valence-corrected chi connectivity index (χ2v) is 7.64. The summed E-state index contributed by atoms with van der Waals surface area (Å²) in [6.07, 6.45) is 1.87. The van der Waals surface area contributed by atoms with E-state index in [1.54, 1.807) is 32.9 Å². The second-order valence-electron chi connectivity index (χ2n) is 5.73. The third-order valence-corrected chi connectivity index (χ3v) is 6.06. The molecule has 1 aromatic rings. The summed E-state index contributed by atoms with van der Waals surface area (Å²) in [6, 6.07) is 4.91. The minimum Gasteiger partial charge on any atom is -0.350 e. The van der Waals surface area contributed by atoms with Crippen LogP contribution >= 0.6 is 0 Å². The summed E-state index contributed by atoms with van der Waals surface area (Å²) in [6.45, 7) is 10.2. The van der Waals surface area contributed by atoms with Crippen molar-refractivity contribution in [3.8, 4) is 0 Å². The van der Waals surface area contributed by atoms with E-state index >= 15 is 0 Å². The van der Waals surface area contributed by atoms with Crippen LogP contribution in [0.15, 0.2) is 23.1 Å². The van der Waals surface area contributed by atoms with Crippen LogP contribution < -0.4 is 5.32 Å². The zero-order valence-corrected chi connectivity index (χ0v) is 15.5. The Labute approximate surface area is 140 Å². The summed E-state index contributed by atoms with van der Waals surface area (Å²) < 4.78 is 26.8. The number of nitrogens with one attached hydrogen (secondary N) is 1. The summed E-state index contributed by atoms with van der Waals surface area (Å²) in [7, 11) is -3.57. The molecule has 0 aliphatic rings. The van der Waals surface area contributed by atoms with E-state index in [0.717, 1.165) is 12.8 Å². The van der Waals surface area contributed by atoms with Gasteiger partial charge >= 0.3 is 0 Å². The summed E-state index contributed by atoms with van der Waals surface area (Å²) >= 11 is 0. The summed E-state index contributed by atoms with van der Waals surface area (Å²) in [5, 5.41) is 2.91. The van der Waals surface area contributed by atoms with Crippen molar-refractivity contribution in [3.63, 3.8) is 0 Å². The topological polar surface area (TPSA) is 66.5 Å². The van der Waals surface area contributed by atoms with Crippen LogP contribution in [0, 0.1) is 6.92 Å².